The summed E-state index contributed by atoms with van der Waals surface area (Å²) < 4.78 is 14.8. The van der Waals surface area contributed by atoms with Gasteiger partial charge in [-0.1, -0.05) is 17.7 Å². The fraction of sp³-hybridized carbons (Fsp3) is 0.0714. The van der Waals surface area contributed by atoms with Gasteiger partial charge < -0.3 is 5.73 Å². The molecule has 5 nitrogen and oxygen atoms in total. The second-order valence-corrected chi connectivity index (χ2v) is 4.49. The standard InChI is InChI=1S/C14H12FN5/c1-9-2-5-11(6-3-9)20-14(17-18-19-20)10-4-7-12(15)13(16)8-10/h2-8H,16H2,1H3. The first-order valence-electron chi connectivity index (χ1n) is 6.06. The summed E-state index contributed by atoms with van der Waals surface area (Å²) in [6, 6.07) is 12.2. The minimum atomic E-state index is -0.455. The summed E-state index contributed by atoms with van der Waals surface area (Å²) in [4.78, 5) is 0. The third kappa shape index (κ3) is 2.11. The van der Waals surface area contributed by atoms with Crippen molar-refractivity contribution in [1.29, 1.82) is 0 Å². The highest BCUT2D eigenvalue weighted by Crippen LogP contribution is 2.23. The van der Waals surface area contributed by atoms with Crippen LogP contribution in [0.15, 0.2) is 42.5 Å². The van der Waals surface area contributed by atoms with Crippen LogP contribution in [-0.4, -0.2) is 20.2 Å². The smallest absolute Gasteiger partial charge is 0.187 e. The van der Waals surface area contributed by atoms with Gasteiger partial charge in [-0.2, -0.15) is 4.68 Å². The van der Waals surface area contributed by atoms with Crippen LogP contribution in [0.1, 0.15) is 5.56 Å². The van der Waals surface area contributed by atoms with E-state index in [1.165, 1.54) is 12.1 Å². The van der Waals surface area contributed by atoms with E-state index in [1.54, 1.807) is 10.7 Å². The number of aryl methyl sites for hydroxylation is 1. The van der Waals surface area contributed by atoms with Crippen LogP contribution in [0.25, 0.3) is 17.1 Å². The Kier molecular flexibility index (Phi) is 2.90. The summed E-state index contributed by atoms with van der Waals surface area (Å²) in [5.41, 5.74) is 8.29. The number of benzene rings is 2. The van der Waals surface area contributed by atoms with E-state index in [1.807, 2.05) is 31.2 Å². The van der Waals surface area contributed by atoms with Crippen LogP contribution in [0.4, 0.5) is 10.1 Å². The van der Waals surface area contributed by atoms with Crippen LogP contribution in [-0.2, 0) is 0 Å². The number of rotatable bonds is 2. The number of hydrogen-bond acceptors (Lipinski definition) is 4. The van der Waals surface area contributed by atoms with E-state index in [0.717, 1.165) is 11.3 Å². The minimum Gasteiger partial charge on any atom is -0.396 e. The normalized spacial score (nSPS) is 10.7. The molecule has 0 aliphatic heterocycles. The Morgan fingerprint density at radius 2 is 1.85 bits per heavy atom. The summed E-state index contributed by atoms with van der Waals surface area (Å²) in [7, 11) is 0. The molecular formula is C14H12FN5. The summed E-state index contributed by atoms with van der Waals surface area (Å²) in [6.45, 7) is 2.00. The summed E-state index contributed by atoms with van der Waals surface area (Å²) in [6.07, 6.45) is 0. The fourth-order valence-electron chi connectivity index (χ4n) is 1.91. The molecule has 0 spiro atoms. The van der Waals surface area contributed by atoms with E-state index >= 15 is 0 Å². The monoisotopic (exact) mass is 269 g/mol. The molecule has 2 aromatic carbocycles. The van der Waals surface area contributed by atoms with Gasteiger partial charge in [0.05, 0.1) is 11.4 Å². The highest BCUT2D eigenvalue weighted by molar-refractivity contribution is 5.62. The van der Waals surface area contributed by atoms with E-state index < -0.39 is 5.82 Å². The molecule has 0 bridgehead atoms. The van der Waals surface area contributed by atoms with Crippen molar-refractivity contribution in [3.8, 4) is 17.1 Å². The van der Waals surface area contributed by atoms with Crippen molar-refractivity contribution in [2.45, 2.75) is 6.92 Å². The lowest BCUT2D eigenvalue weighted by atomic mass is 10.1. The van der Waals surface area contributed by atoms with Crippen LogP contribution in [0, 0.1) is 12.7 Å². The Balaban J connectivity index is 2.10. The topological polar surface area (TPSA) is 69.6 Å². The number of nitrogens with zero attached hydrogens (tertiary/aromatic N) is 4. The van der Waals surface area contributed by atoms with Crippen molar-refractivity contribution in [3.63, 3.8) is 0 Å². The zero-order valence-corrected chi connectivity index (χ0v) is 10.8. The number of halogens is 1. The molecule has 0 saturated carbocycles. The van der Waals surface area contributed by atoms with Crippen LogP contribution < -0.4 is 5.73 Å². The molecule has 0 unspecified atom stereocenters. The zero-order chi connectivity index (χ0) is 14.1. The predicted molar refractivity (Wildman–Crippen MR) is 73.7 cm³/mol. The first-order valence-corrected chi connectivity index (χ1v) is 6.06. The van der Waals surface area contributed by atoms with Crippen molar-refractivity contribution in [2.24, 2.45) is 0 Å². The molecule has 0 aliphatic rings. The van der Waals surface area contributed by atoms with Gasteiger partial charge in [-0.05, 0) is 47.7 Å². The van der Waals surface area contributed by atoms with Crippen LogP contribution in [0.5, 0.6) is 0 Å². The summed E-state index contributed by atoms with van der Waals surface area (Å²) in [5.74, 6) is 0.0589. The quantitative estimate of drug-likeness (QED) is 0.725. The molecule has 1 heterocycles. The molecule has 20 heavy (non-hydrogen) atoms. The van der Waals surface area contributed by atoms with Gasteiger partial charge in [0.25, 0.3) is 0 Å². The molecule has 0 saturated heterocycles. The average Bonchev–Trinajstić information content (AvgIpc) is 2.92. The van der Waals surface area contributed by atoms with Gasteiger partial charge >= 0.3 is 0 Å². The molecule has 3 rings (SSSR count). The van der Waals surface area contributed by atoms with Crippen molar-refractivity contribution >= 4 is 5.69 Å². The molecule has 2 N–H and O–H groups in total. The maximum atomic E-state index is 13.2. The van der Waals surface area contributed by atoms with Crippen molar-refractivity contribution in [2.75, 3.05) is 5.73 Å². The Morgan fingerprint density at radius 1 is 1.10 bits per heavy atom. The zero-order valence-electron chi connectivity index (χ0n) is 10.8. The van der Waals surface area contributed by atoms with Crippen LogP contribution in [0.2, 0.25) is 0 Å². The molecule has 3 aromatic rings. The Bertz CT molecular complexity index is 749. The number of aromatic nitrogens is 4. The van der Waals surface area contributed by atoms with Gasteiger partial charge in [0.15, 0.2) is 5.82 Å². The molecular weight excluding hydrogens is 257 g/mol. The Morgan fingerprint density at radius 3 is 2.55 bits per heavy atom. The predicted octanol–water partition coefficient (Wildman–Crippen LogP) is 2.36. The fourth-order valence-corrected chi connectivity index (χ4v) is 1.91. The van der Waals surface area contributed by atoms with Crippen molar-refractivity contribution in [3.05, 3.63) is 53.8 Å². The molecule has 0 radical (unpaired) electrons. The molecule has 0 amide bonds. The molecule has 0 aliphatic carbocycles. The van der Waals surface area contributed by atoms with E-state index in [0.29, 0.717) is 11.4 Å². The molecule has 0 fully saturated rings. The number of hydrogen-bond donors (Lipinski definition) is 1. The average molecular weight is 269 g/mol. The van der Waals surface area contributed by atoms with Gasteiger partial charge in [-0.15, -0.1) is 5.10 Å². The SMILES string of the molecule is Cc1ccc(-n2nnnc2-c2ccc(F)c(N)c2)cc1. The van der Waals surface area contributed by atoms with E-state index in [4.69, 9.17) is 5.73 Å². The minimum absolute atomic E-state index is 0.0703. The van der Waals surface area contributed by atoms with E-state index in [2.05, 4.69) is 15.5 Å². The summed E-state index contributed by atoms with van der Waals surface area (Å²) in [5, 5.41) is 11.6. The second-order valence-electron chi connectivity index (χ2n) is 4.49. The van der Waals surface area contributed by atoms with Crippen LogP contribution >= 0.6 is 0 Å². The number of anilines is 1. The molecule has 100 valence electrons. The first-order chi connectivity index (χ1) is 9.65. The lowest BCUT2D eigenvalue weighted by Crippen LogP contribution is -2.00. The van der Waals surface area contributed by atoms with Crippen molar-refractivity contribution in [1.82, 2.24) is 20.2 Å². The third-order valence-corrected chi connectivity index (χ3v) is 3.00. The van der Waals surface area contributed by atoms with Gasteiger partial charge in [0.1, 0.15) is 5.82 Å². The lowest BCUT2D eigenvalue weighted by Gasteiger charge is -2.06. The van der Waals surface area contributed by atoms with E-state index in [9.17, 15) is 4.39 Å². The van der Waals surface area contributed by atoms with E-state index in [-0.39, 0.29) is 5.69 Å². The highest BCUT2D eigenvalue weighted by Gasteiger charge is 2.12. The van der Waals surface area contributed by atoms with Crippen molar-refractivity contribution < 1.29 is 4.39 Å². The summed E-state index contributed by atoms with van der Waals surface area (Å²) >= 11 is 0. The van der Waals surface area contributed by atoms with Gasteiger partial charge in [-0.3, -0.25) is 0 Å². The molecule has 6 heteroatoms. The molecule has 0 atom stereocenters. The lowest BCUT2D eigenvalue weighted by molar-refractivity contribution is 0.632. The first kappa shape index (κ1) is 12.3. The highest BCUT2D eigenvalue weighted by atomic mass is 19.1. The number of tetrazole rings is 1. The number of nitrogens with two attached hydrogens (primary N) is 1. The Labute approximate surface area is 114 Å². The van der Waals surface area contributed by atoms with Gasteiger partial charge in [0, 0.05) is 5.56 Å². The largest absolute Gasteiger partial charge is 0.396 e. The maximum Gasteiger partial charge on any atom is 0.187 e. The van der Waals surface area contributed by atoms with Gasteiger partial charge in [0.2, 0.25) is 0 Å². The molecule has 1 aromatic heterocycles. The van der Waals surface area contributed by atoms with Gasteiger partial charge in [-0.25, -0.2) is 4.39 Å². The second kappa shape index (κ2) is 4.73. The number of nitrogen functional groups attached to an aromatic ring is 1. The maximum absolute atomic E-state index is 13.2. The van der Waals surface area contributed by atoms with Crippen LogP contribution in [0.3, 0.4) is 0 Å². The third-order valence-electron chi connectivity index (χ3n) is 3.00. The Hall–Kier alpha value is -2.76.